The predicted molar refractivity (Wildman–Crippen MR) is 55.8 cm³/mol. The number of hydrogen-bond acceptors (Lipinski definition) is 3. The molecule has 0 fully saturated rings. The number of nitrogens with zero attached hydrogens (tertiary/aromatic N) is 1. The Labute approximate surface area is 84.2 Å². The van der Waals surface area contributed by atoms with Crippen LogP contribution in [0.15, 0.2) is 0 Å². The van der Waals surface area contributed by atoms with Crippen molar-refractivity contribution >= 4 is 5.90 Å². The smallest absolute Gasteiger partial charge is 0.180 e. The van der Waals surface area contributed by atoms with E-state index in [1.165, 1.54) is 12.7 Å². The summed E-state index contributed by atoms with van der Waals surface area (Å²) in [5.74, 6) is 0.327. The maximum Gasteiger partial charge on any atom is 0.180 e. The van der Waals surface area contributed by atoms with Crippen molar-refractivity contribution in [3.63, 3.8) is 0 Å². The molecule has 1 rings (SSSR count). The summed E-state index contributed by atoms with van der Waals surface area (Å²) in [6.07, 6.45) is 2.40. The van der Waals surface area contributed by atoms with E-state index in [0.717, 1.165) is 24.2 Å². The molecule has 14 heavy (non-hydrogen) atoms. The molecule has 4 heteroatoms. The monoisotopic (exact) mass is 195 g/mol. The fourth-order valence-electron chi connectivity index (χ4n) is 1.47. The predicted octanol–water partition coefficient (Wildman–Crippen LogP) is 1.84. The lowest BCUT2D eigenvalue weighted by Gasteiger charge is -2.03. The molecule has 4 nitrogen and oxygen atoms in total. The summed E-state index contributed by atoms with van der Waals surface area (Å²) in [4.78, 5) is 0. The Morgan fingerprint density at radius 3 is 2.86 bits per heavy atom. The summed E-state index contributed by atoms with van der Waals surface area (Å²) in [5.41, 5.74) is 3.44. The molecular formula is C10H17N3O. The molecule has 0 aliphatic rings. The van der Waals surface area contributed by atoms with Crippen molar-refractivity contribution in [3.8, 4) is 0 Å². The van der Waals surface area contributed by atoms with Gasteiger partial charge >= 0.3 is 0 Å². The highest BCUT2D eigenvalue weighted by atomic mass is 16.5. The molecule has 2 N–H and O–H groups in total. The molecule has 0 atom stereocenters. The lowest BCUT2D eigenvalue weighted by Crippen LogP contribution is -2.02. The fraction of sp³-hybridized carbons (Fsp3) is 0.600. The van der Waals surface area contributed by atoms with Crippen LogP contribution in [0.1, 0.15) is 30.3 Å². The van der Waals surface area contributed by atoms with E-state index in [0.29, 0.717) is 12.3 Å². The molecule has 0 unspecified atom stereocenters. The maximum absolute atomic E-state index is 7.39. The van der Waals surface area contributed by atoms with Gasteiger partial charge in [-0.15, -0.1) is 0 Å². The van der Waals surface area contributed by atoms with Crippen LogP contribution in [0.2, 0.25) is 0 Å². The molecule has 0 spiro atoms. The lowest BCUT2D eigenvalue weighted by molar-refractivity contribution is 0.386. The molecule has 0 bridgehead atoms. The van der Waals surface area contributed by atoms with Crippen molar-refractivity contribution in [3.05, 3.63) is 17.0 Å². The summed E-state index contributed by atoms with van der Waals surface area (Å²) >= 11 is 0. The summed E-state index contributed by atoms with van der Waals surface area (Å²) in [6, 6.07) is 0. The molecule has 0 amide bonds. The lowest BCUT2D eigenvalue weighted by atomic mass is 10.1. The number of rotatable bonds is 4. The van der Waals surface area contributed by atoms with E-state index in [1.807, 2.05) is 6.92 Å². The zero-order chi connectivity index (χ0) is 10.6. The second-order valence-corrected chi connectivity index (χ2v) is 3.25. The van der Waals surface area contributed by atoms with Gasteiger partial charge in [0.25, 0.3) is 0 Å². The van der Waals surface area contributed by atoms with Gasteiger partial charge in [0.2, 0.25) is 0 Å². The van der Waals surface area contributed by atoms with E-state index in [4.69, 9.17) is 10.1 Å². The Bertz CT molecular complexity index is 317. The van der Waals surface area contributed by atoms with Crippen LogP contribution in [-0.4, -0.2) is 23.2 Å². The van der Waals surface area contributed by atoms with Crippen molar-refractivity contribution in [1.82, 2.24) is 10.2 Å². The second kappa shape index (κ2) is 4.79. The minimum Gasteiger partial charge on any atom is -0.484 e. The largest absolute Gasteiger partial charge is 0.484 e. The van der Waals surface area contributed by atoms with Crippen molar-refractivity contribution in [2.24, 2.45) is 0 Å². The summed E-state index contributed by atoms with van der Waals surface area (Å²) < 4.78 is 4.81. The molecule has 0 aliphatic heterocycles. The number of H-pyrrole nitrogens is 1. The van der Waals surface area contributed by atoms with Crippen molar-refractivity contribution < 1.29 is 4.74 Å². The van der Waals surface area contributed by atoms with Gasteiger partial charge in [-0.25, -0.2) is 0 Å². The van der Waals surface area contributed by atoms with Crippen LogP contribution in [0.3, 0.4) is 0 Å². The highest BCUT2D eigenvalue weighted by Crippen LogP contribution is 2.13. The highest BCUT2D eigenvalue weighted by Gasteiger charge is 2.09. The average molecular weight is 195 g/mol. The van der Waals surface area contributed by atoms with Gasteiger partial charge in [0.1, 0.15) is 0 Å². The fourth-order valence-corrected chi connectivity index (χ4v) is 1.47. The standard InChI is InChI=1S/C10H17N3O/c1-4-9-8(7(2)12-13-9)5-6-10(11)14-3/h11H,4-6H2,1-3H3,(H,12,13). The summed E-state index contributed by atoms with van der Waals surface area (Å²) in [5, 5.41) is 14.6. The molecule has 1 heterocycles. The van der Waals surface area contributed by atoms with E-state index >= 15 is 0 Å². The molecule has 0 aliphatic carbocycles. The number of aromatic nitrogens is 2. The first-order valence-electron chi connectivity index (χ1n) is 4.83. The van der Waals surface area contributed by atoms with Crippen LogP contribution in [-0.2, 0) is 17.6 Å². The Morgan fingerprint density at radius 2 is 2.29 bits per heavy atom. The molecular weight excluding hydrogens is 178 g/mol. The van der Waals surface area contributed by atoms with Crippen LogP contribution < -0.4 is 0 Å². The third kappa shape index (κ3) is 2.34. The van der Waals surface area contributed by atoms with Crippen molar-refractivity contribution in [1.29, 1.82) is 5.41 Å². The summed E-state index contributed by atoms with van der Waals surface area (Å²) in [7, 11) is 1.53. The topological polar surface area (TPSA) is 61.8 Å². The zero-order valence-electron chi connectivity index (χ0n) is 8.98. The Kier molecular flexibility index (Phi) is 3.68. The van der Waals surface area contributed by atoms with Crippen LogP contribution in [0.5, 0.6) is 0 Å². The number of ether oxygens (including phenoxy) is 1. The maximum atomic E-state index is 7.39. The number of hydrogen-bond donors (Lipinski definition) is 2. The van der Waals surface area contributed by atoms with Gasteiger partial charge in [0.05, 0.1) is 12.8 Å². The van der Waals surface area contributed by atoms with Crippen LogP contribution >= 0.6 is 0 Å². The first kappa shape index (κ1) is 10.8. The number of aromatic amines is 1. The number of nitrogens with one attached hydrogen (secondary N) is 2. The van der Waals surface area contributed by atoms with Gasteiger partial charge in [-0.1, -0.05) is 6.92 Å². The first-order valence-corrected chi connectivity index (χ1v) is 4.83. The van der Waals surface area contributed by atoms with Gasteiger partial charge < -0.3 is 4.74 Å². The van der Waals surface area contributed by atoms with Gasteiger partial charge in [0.15, 0.2) is 5.90 Å². The second-order valence-electron chi connectivity index (χ2n) is 3.25. The summed E-state index contributed by atoms with van der Waals surface area (Å²) in [6.45, 7) is 4.10. The highest BCUT2D eigenvalue weighted by molar-refractivity contribution is 5.72. The van der Waals surface area contributed by atoms with E-state index in [1.54, 1.807) is 0 Å². The van der Waals surface area contributed by atoms with Crippen LogP contribution in [0, 0.1) is 12.3 Å². The van der Waals surface area contributed by atoms with Crippen molar-refractivity contribution in [2.75, 3.05) is 7.11 Å². The number of aryl methyl sites for hydroxylation is 2. The third-order valence-electron chi connectivity index (χ3n) is 2.34. The van der Waals surface area contributed by atoms with E-state index < -0.39 is 0 Å². The minimum atomic E-state index is 0.327. The molecule has 0 radical (unpaired) electrons. The molecule has 0 saturated carbocycles. The van der Waals surface area contributed by atoms with E-state index in [-0.39, 0.29) is 0 Å². The zero-order valence-corrected chi connectivity index (χ0v) is 8.98. The van der Waals surface area contributed by atoms with Gasteiger partial charge in [-0.3, -0.25) is 10.5 Å². The molecule has 1 aromatic heterocycles. The van der Waals surface area contributed by atoms with Crippen LogP contribution in [0.4, 0.5) is 0 Å². The molecule has 0 saturated heterocycles. The molecule has 0 aromatic carbocycles. The Hall–Kier alpha value is -1.32. The average Bonchev–Trinajstić information content (AvgIpc) is 2.55. The van der Waals surface area contributed by atoms with Crippen molar-refractivity contribution in [2.45, 2.75) is 33.1 Å². The number of methoxy groups -OCH3 is 1. The Balaban J connectivity index is 2.65. The third-order valence-corrected chi connectivity index (χ3v) is 2.34. The van der Waals surface area contributed by atoms with Crippen LogP contribution in [0.25, 0.3) is 0 Å². The van der Waals surface area contributed by atoms with E-state index in [9.17, 15) is 0 Å². The quantitative estimate of drug-likeness (QED) is 0.568. The Morgan fingerprint density at radius 1 is 1.57 bits per heavy atom. The SMILES string of the molecule is CCc1n[nH]c(C)c1CCC(=N)OC. The first-order chi connectivity index (χ1) is 6.69. The van der Waals surface area contributed by atoms with Gasteiger partial charge in [0, 0.05) is 12.1 Å². The minimum absolute atomic E-state index is 0.327. The molecule has 1 aromatic rings. The normalized spacial score (nSPS) is 10.2. The molecule has 78 valence electrons. The van der Waals surface area contributed by atoms with Gasteiger partial charge in [-0.05, 0) is 25.3 Å². The van der Waals surface area contributed by atoms with Gasteiger partial charge in [-0.2, -0.15) is 5.10 Å². The van der Waals surface area contributed by atoms with E-state index in [2.05, 4.69) is 17.1 Å².